The van der Waals surface area contributed by atoms with Crippen LogP contribution in [0.15, 0.2) is 30.3 Å². The first-order valence-corrected chi connectivity index (χ1v) is 4.23. The highest BCUT2D eigenvalue weighted by Crippen LogP contribution is 2.03. The van der Waals surface area contributed by atoms with Crippen LogP contribution >= 0.6 is 24.6 Å². The number of thiocarbonyl (C=S) groups is 1. The van der Waals surface area contributed by atoms with Crippen LogP contribution in [0.5, 0.6) is 0 Å². The molecule has 0 spiro atoms. The SMILES string of the molecule is CC(=O)NC(=S)Nc1ccccc1.Cl. The van der Waals surface area contributed by atoms with Crippen molar-refractivity contribution in [1.29, 1.82) is 0 Å². The van der Waals surface area contributed by atoms with Gasteiger partial charge in [-0.15, -0.1) is 12.4 Å². The van der Waals surface area contributed by atoms with E-state index >= 15 is 0 Å². The van der Waals surface area contributed by atoms with E-state index in [0.717, 1.165) is 5.69 Å². The van der Waals surface area contributed by atoms with Crippen LogP contribution in [0.4, 0.5) is 5.69 Å². The number of amides is 1. The summed E-state index contributed by atoms with van der Waals surface area (Å²) in [5.41, 5.74) is 0.862. The van der Waals surface area contributed by atoms with Crippen molar-refractivity contribution in [2.45, 2.75) is 6.92 Å². The lowest BCUT2D eigenvalue weighted by molar-refractivity contribution is -0.117. The Balaban J connectivity index is 0.00000169. The van der Waals surface area contributed by atoms with E-state index in [-0.39, 0.29) is 18.3 Å². The van der Waals surface area contributed by atoms with Gasteiger partial charge in [0.15, 0.2) is 5.11 Å². The molecule has 76 valence electrons. The zero-order chi connectivity index (χ0) is 9.68. The van der Waals surface area contributed by atoms with Crippen molar-refractivity contribution >= 4 is 41.3 Å². The summed E-state index contributed by atoms with van der Waals surface area (Å²) in [5.74, 6) is -0.173. The van der Waals surface area contributed by atoms with Gasteiger partial charge >= 0.3 is 0 Å². The van der Waals surface area contributed by atoms with Gasteiger partial charge in [-0.2, -0.15) is 0 Å². The van der Waals surface area contributed by atoms with Crippen LogP contribution in [0, 0.1) is 0 Å². The fraction of sp³-hybridized carbons (Fsp3) is 0.111. The van der Waals surface area contributed by atoms with Crippen LogP contribution in [-0.2, 0) is 4.79 Å². The molecular formula is C9H11ClN2OS. The van der Waals surface area contributed by atoms with Gasteiger partial charge in [0.2, 0.25) is 5.91 Å². The highest BCUT2D eigenvalue weighted by molar-refractivity contribution is 7.80. The normalized spacial score (nSPS) is 8.36. The van der Waals surface area contributed by atoms with Gasteiger partial charge in [-0.05, 0) is 24.4 Å². The van der Waals surface area contributed by atoms with Gasteiger partial charge in [-0.25, -0.2) is 0 Å². The lowest BCUT2D eigenvalue weighted by atomic mass is 10.3. The molecule has 1 rings (SSSR count). The number of rotatable bonds is 1. The number of para-hydroxylation sites is 1. The number of hydrogen-bond donors (Lipinski definition) is 2. The van der Waals surface area contributed by atoms with Crippen LogP contribution in [0.25, 0.3) is 0 Å². The van der Waals surface area contributed by atoms with Crippen molar-refractivity contribution in [1.82, 2.24) is 5.32 Å². The fourth-order valence-electron chi connectivity index (χ4n) is 0.844. The summed E-state index contributed by atoms with van der Waals surface area (Å²) in [7, 11) is 0. The second-order valence-corrected chi connectivity index (χ2v) is 2.91. The van der Waals surface area contributed by atoms with E-state index in [4.69, 9.17) is 12.2 Å². The molecule has 1 aromatic rings. The van der Waals surface area contributed by atoms with Crippen LogP contribution in [0.2, 0.25) is 0 Å². The maximum Gasteiger partial charge on any atom is 0.222 e. The molecule has 0 aliphatic heterocycles. The standard InChI is InChI=1S/C9H10N2OS.ClH/c1-7(12)10-9(13)11-8-5-3-2-4-6-8;/h2-6H,1H3,(H2,10,11,12,13);1H. The minimum absolute atomic E-state index is 0. The Labute approximate surface area is 94.3 Å². The van der Waals surface area contributed by atoms with Crippen LogP contribution < -0.4 is 10.6 Å². The van der Waals surface area contributed by atoms with E-state index in [1.54, 1.807) is 0 Å². The molecule has 0 saturated carbocycles. The van der Waals surface area contributed by atoms with Gasteiger partial charge in [-0.3, -0.25) is 4.79 Å². The van der Waals surface area contributed by atoms with Crippen molar-refractivity contribution in [3.8, 4) is 0 Å². The molecule has 2 N–H and O–H groups in total. The number of halogens is 1. The summed E-state index contributed by atoms with van der Waals surface area (Å²) < 4.78 is 0. The molecule has 0 heterocycles. The average Bonchev–Trinajstić information content (AvgIpc) is 2.04. The molecule has 0 aliphatic rings. The molecule has 1 amide bonds. The first kappa shape index (κ1) is 12.9. The van der Waals surface area contributed by atoms with Crippen molar-refractivity contribution in [2.75, 3.05) is 5.32 Å². The van der Waals surface area contributed by atoms with Crippen LogP contribution in [0.1, 0.15) is 6.92 Å². The number of hydrogen-bond acceptors (Lipinski definition) is 2. The molecule has 0 atom stereocenters. The molecule has 14 heavy (non-hydrogen) atoms. The zero-order valence-electron chi connectivity index (χ0n) is 7.61. The molecule has 3 nitrogen and oxygen atoms in total. The van der Waals surface area contributed by atoms with Crippen LogP contribution in [-0.4, -0.2) is 11.0 Å². The Kier molecular flexibility index (Phi) is 5.83. The second kappa shape index (κ2) is 6.34. The lowest BCUT2D eigenvalue weighted by Gasteiger charge is -2.06. The lowest BCUT2D eigenvalue weighted by Crippen LogP contribution is -2.32. The summed E-state index contributed by atoms with van der Waals surface area (Å²) in [6, 6.07) is 9.42. The van der Waals surface area contributed by atoms with Crippen LogP contribution in [0.3, 0.4) is 0 Å². The van der Waals surface area contributed by atoms with E-state index in [0.29, 0.717) is 5.11 Å². The molecule has 0 bridgehead atoms. The average molecular weight is 231 g/mol. The Morgan fingerprint density at radius 3 is 2.36 bits per heavy atom. The smallest absolute Gasteiger partial charge is 0.222 e. The third kappa shape index (κ3) is 4.79. The Hall–Kier alpha value is -1.13. The highest BCUT2D eigenvalue weighted by Gasteiger charge is 1.97. The Bertz CT molecular complexity index is 316. The number of benzene rings is 1. The van der Waals surface area contributed by atoms with Gasteiger partial charge in [0, 0.05) is 12.6 Å². The highest BCUT2D eigenvalue weighted by atomic mass is 35.5. The maximum atomic E-state index is 10.6. The number of carbonyl (C=O) groups is 1. The minimum atomic E-state index is -0.173. The molecule has 5 heteroatoms. The van der Waals surface area contributed by atoms with Crippen molar-refractivity contribution in [3.05, 3.63) is 30.3 Å². The third-order valence-corrected chi connectivity index (χ3v) is 1.53. The van der Waals surface area contributed by atoms with Gasteiger partial charge in [0.1, 0.15) is 0 Å². The quantitative estimate of drug-likeness (QED) is 0.725. The monoisotopic (exact) mass is 230 g/mol. The van der Waals surface area contributed by atoms with E-state index in [1.165, 1.54) is 6.92 Å². The number of carbonyl (C=O) groups excluding carboxylic acids is 1. The summed E-state index contributed by atoms with van der Waals surface area (Å²) in [6.07, 6.45) is 0. The minimum Gasteiger partial charge on any atom is -0.332 e. The largest absolute Gasteiger partial charge is 0.332 e. The first-order chi connectivity index (χ1) is 6.18. The zero-order valence-corrected chi connectivity index (χ0v) is 9.24. The Morgan fingerprint density at radius 1 is 1.29 bits per heavy atom. The number of nitrogens with one attached hydrogen (secondary N) is 2. The molecule has 0 aromatic heterocycles. The molecule has 1 aromatic carbocycles. The van der Waals surface area contributed by atoms with Gasteiger partial charge in [0.05, 0.1) is 0 Å². The first-order valence-electron chi connectivity index (χ1n) is 3.82. The maximum absolute atomic E-state index is 10.6. The van der Waals surface area contributed by atoms with Crippen molar-refractivity contribution < 1.29 is 4.79 Å². The summed E-state index contributed by atoms with van der Waals surface area (Å²) >= 11 is 4.87. The molecule has 0 fully saturated rings. The van der Waals surface area contributed by atoms with Gasteiger partial charge in [0.25, 0.3) is 0 Å². The number of anilines is 1. The predicted molar refractivity (Wildman–Crippen MR) is 63.7 cm³/mol. The molecule has 0 aliphatic carbocycles. The topological polar surface area (TPSA) is 41.1 Å². The van der Waals surface area contributed by atoms with E-state index < -0.39 is 0 Å². The molecule has 0 saturated heterocycles. The fourth-order valence-corrected chi connectivity index (χ4v) is 1.11. The third-order valence-electron chi connectivity index (χ3n) is 1.32. The van der Waals surface area contributed by atoms with Gasteiger partial charge < -0.3 is 10.6 Å². The second-order valence-electron chi connectivity index (χ2n) is 2.50. The summed E-state index contributed by atoms with van der Waals surface area (Å²) in [6.45, 7) is 1.42. The summed E-state index contributed by atoms with van der Waals surface area (Å²) in [5, 5.41) is 5.66. The summed E-state index contributed by atoms with van der Waals surface area (Å²) in [4.78, 5) is 10.6. The molecule has 0 unspecified atom stereocenters. The Morgan fingerprint density at radius 2 is 1.86 bits per heavy atom. The van der Waals surface area contributed by atoms with E-state index in [1.807, 2.05) is 30.3 Å². The van der Waals surface area contributed by atoms with Gasteiger partial charge in [-0.1, -0.05) is 18.2 Å². The van der Waals surface area contributed by atoms with E-state index in [2.05, 4.69) is 10.6 Å². The van der Waals surface area contributed by atoms with E-state index in [9.17, 15) is 4.79 Å². The van der Waals surface area contributed by atoms with Crippen molar-refractivity contribution in [2.24, 2.45) is 0 Å². The van der Waals surface area contributed by atoms with Crippen molar-refractivity contribution in [3.63, 3.8) is 0 Å². The molecular weight excluding hydrogens is 220 g/mol. The molecule has 0 radical (unpaired) electrons. The predicted octanol–water partition coefficient (Wildman–Crippen LogP) is 1.94.